The second-order valence-electron chi connectivity index (χ2n) is 6.61. The molecule has 0 fully saturated rings. The Bertz CT molecular complexity index is 951. The molecule has 1 aromatic heterocycles. The fourth-order valence-electron chi connectivity index (χ4n) is 2.98. The summed E-state index contributed by atoms with van der Waals surface area (Å²) in [5, 5.41) is 3.16. The van der Waals surface area contributed by atoms with Crippen LogP contribution in [0.15, 0.2) is 48.5 Å². The van der Waals surface area contributed by atoms with E-state index >= 15 is 0 Å². The van der Waals surface area contributed by atoms with E-state index < -0.39 is 0 Å². The van der Waals surface area contributed by atoms with E-state index in [2.05, 4.69) is 25.2 Å². The van der Waals surface area contributed by atoms with Crippen molar-refractivity contribution in [3.63, 3.8) is 0 Å². The van der Waals surface area contributed by atoms with E-state index in [4.69, 9.17) is 15.2 Å². The van der Waals surface area contributed by atoms with Crippen molar-refractivity contribution in [2.45, 2.75) is 19.5 Å². The van der Waals surface area contributed by atoms with Gasteiger partial charge in [-0.3, -0.25) is 4.90 Å². The third kappa shape index (κ3) is 4.91. The largest absolute Gasteiger partial charge is 0.493 e. The Morgan fingerprint density at radius 2 is 1.76 bits per heavy atom. The van der Waals surface area contributed by atoms with Crippen LogP contribution in [0, 0.1) is 0 Å². The Morgan fingerprint density at radius 1 is 1.00 bits per heavy atom. The minimum Gasteiger partial charge on any atom is -0.493 e. The smallest absolute Gasteiger partial charge is 0.232 e. The molecule has 29 heavy (non-hydrogen) atoms. The van der Waals surface area contributed by atoms with Crippen molar-refractivity contribution in [3.05, 3.63) is 59.9 Å². The molecule has 0 amide bonds. The number of anilines is 3. The molecule has 3 rings (SSSR count). The first kappa shape index (κ1) is 20.3. The molecular weight excluding hydrogens is 368 g/mol. The summed E-state index contributed by atoms with van der Waals surface area (Å²) in [6, 6.07) is 15.4. The summed E-state index contributed by atoms with van der Waals surface area (Å²) < 4.78 is 10.9. The molecule has 0 unspecified atom stereocenters. The van der Waals surface area contributed by atoms with Gasteiger partial charge in [0.15, 0.2) is 17.3 Å². The van der Waals surface area contributed by atoms with Crippen molar-refractivity contribution < 1.29 is 9.47 Å². The van der Waals surface area contributed by atoms with Crippen molar-refractivity contribution in [2.75, 3.05) is 32.3 Å². The molecule has 0 spiro atoms. The van der Waals surface area contributed by atoms with Gasteiger partial charge in [-0.25, -0.2) is 0 Å². The fourth-order valence-corrected chi connectivity index (χ4v) is 2.98. The van der Waals surface area contributed by atoms with Crippen molar-refractivity contribution in [3.8, 4) is 11.5 Å². The van der Waals surface area contributed by atoms with Gasteiger partial charge in [-0.05, 0) is 32.2 Å². The molecule has 8 heteroatoms. The minimum absolute atomic E-state index is 0.104. The Labute approximate surface area is 170 Å². The summed E-state index contributed by atoms with van der Waals surface area (Å²) in [5.74, 6) is 2.59. The molecule has 0 aliphatic heterocycles. The van der Waals surface area contributed by atoms with Crippen molar-refractivity contribution in [2.24, 2.45) is 0 Å². The van der Waals surface area contributed by atoms with Crippen LogP contribution in [-0.4, -0.2) is 41.1 Å². The van der Waals surface area contributed by atoms with Crippen molar-refractivity contribution in [1.29, 1.82) is 0 Å². The molecule has 1 heterocycles. The van der Waals surface area contributed by atoms with E-state index in [0.29, 0.717) is 24.1 Å². The Kier molecular flexibility index (Phi) is 6.46. The van der Waals surface area contributed by atoms with E-state index in [-0.39, 0.29) is 12.0 Å². The van der Waals surface area contributed by atoms with Crippen LogP contribution in [0.25, 0.3) is 0 Å². The Balaban J connectivity index is 1.80. The molecule has 3 N–H and O–H groups in total. The predicted molar refractivity (Wildman–Crippen MR) is 113 cm³/mol. The first-order chi connectivity index (χ1) is 14.0. The zero-order chi connectivity index (χ0) is 20.8. The van der Waals surface area contributed by atoms with E-state index in [9.17, 15) is 0 Å². The van der Waals surface area contributed by atoms with Crippen LogP contribution >= 0.6 is 0 Å². The summed E-state index contributed by atoms with van der Waals surface area (Å²) in [6.45, 7) is 2.64. The van der Waals surface area contributed by atoms with Gasteiger partial charge in [0.25, 0.3) is 0 Å². The van der Waals surface area contributed by atoms with Crippen molar-refractivity contribution >= 4 is 17.6 Å². The van der Waals surface area contributed by atoms with E-state index in [1.54, 1.807) is 14.2 Å². The molecule has 0 aliphatic rings. The van der Waals surface area contributed by atoms with Crippen LogP contribution in [0.3, 0.4) is 0 Å². The van der Waals surface area contributed by atoms with Gasteiger partial charge in [0, 0.05) is 17.8 Å². The number of rotatable bonds is 8. The maximum atomic E-state index is 5.93. The molecule has 8 nitrogen and oxygen atoms in total. The van der Waals surface area contributed by atoms with Gasteiger partial charge in [0.05, 0.1) is 20.3 Å². The summed E-state index contributed by atoms with van der Waals surface area (Å²) in [6.07, 6.45) is 0. The number of aromatic nitrogens is 3. The van der Waals surface area contributed by atoms with Crippen LogP contribution < -0.4 is 20.5 Å². The van der Waals surface area contributed by atoms with Gasteiger partial charge < -0.3 is 20.5 Å². The lowest BCUT2D eigenvalue weighted by Gasteiger charge is -2.25. The number of nitrogen functional groups attached to an aromatic ring is 1. The Hall–Kier alpha value is -3.39. The molecule has 2 aromatic carbocycles. The van der Waals surface area contributed by atoms with Crippen LogP contribution in [-0.2, 0) is 6.54 Å². The first-order valence-corrected chi connectivity index (χ1v) is 9.25. The van der Waals surface area contributed by atoms with Gasteiger partial charge >= 0.3 is 0 Å². The lowest BCUT2D eigenvalue weighted by atomic mass is 10.1. The fraction of sp³-hybridized carbons (Fsp3) is 0.286. The molecule has 0 saturated carbocycles. The lowest BCUT2D eigenvalue weighted by Crippen LogP contribution is -2.25. The second-order valence-corrected chi connectivity index (χ2v) is 6.61. The summed E-state index contributed by atoms with van der Waals surface area (Å²) in [7, 11) is 5.26. The number of nitrogens with zero attached hydrogens (tertiary/aromatic N) is 4. The molecule has 0 bridgehead atoms. The van der Waals surface area contributed by atoms with Crippen molar-refractivity contribution in [1.82, 2.24) is 19.9 Å². The number of para-hydroxylation sites is 2. The van der Waals surface area contributed by atoms with Gasteiger partial charge in [0.2, 0.25) is 11.9 Å². The number of methoxy groups -OCH3 is 2. The van der Waals surface area contributed by atoms with E-state index in [0.717, 1.165) is 17.0 Å². The molecule has 152 valence electrons. The summed E-state index contributed by atoms with van der Waals surface area (Å²) in [5.41, 5.74) is 7.82. The third-order valence-corrected chi connectivity index (χ3v) is 4.64. The quantitative estimate of drug-likeness (QED) is 0.600. The van der Waals surface area contributed by atoms with Gasteiger partial charge in [-0.2, -0.15) is 15.0 Å². The number of benzene rings is 2. The Morgan fingerprint density at radius 3 is 2.45 bits per heavy atom. The molecule has 3 aromatic rings. The number of nitrogens with two attached hydrogens (primary N) is 1. The molecule has 0 radical (unpaired) electrons. The van der Waals surface area contributed by atoms with E-state index in [1.165, 1.54) is 0 Å². The number of ether oxygens (including phenoxy) is 2. The standard InChI is InChI=1S/C21H26N6O2/c1-14(27(2)13-15-9-8-12-17(28-3)18(15)29-4)19-24-20(22)26-21(25-19)23-16-10-6-5-7-11-16/h5-12,14H,13H2,1-4H3,(H3,22,23,24,25,26)/t14-/m0/s1. The lowest BCUT2D eigenvalue weighted by molar-refractivity contribution is 0.238. The van der Waals surface area contributed by atoms with Crippen LogP contribution in [0.5, 0.6) is 11.5 Å². The summed E-state index contributed by atoms with van der Waals surface area (Å²) >= 11 is 0. The van der Waals surface area contributed by atoms with Gasteiger partial charge in [0.1, 0.15) is 0 Å². The zero-order valence-corrected chi connectivity index (χ0v) is 17.1. The molecular formula is C21H26N6O2. The van der Waals surface area contributed by atoms with Crippen LogP contribution in [0.4, 0.5) is 17.6 Å². The highest BCUT2D eigenvalue weighted by Crippen LogP contribution is 2.32. The highest BCUT2D eigenvalue weighted by Gasteiger charge is 2.19. The first-order valence-electron chi connectivity index (χ1n) is 9.25. The van der Waals surface area contributed by atoms with E-state index in [1.807, 2.05) is 62.5 Å². The number of hydrogen-bond acceptors (Lipinski definition) is 8. The topological polar surface area (TPSA) is 98.4 Å². The highest BCUT2D eigenvalue weighted by molar-refractivity contribution is 5.53. The van der Waals surface area contributed by atoms with Crippen LogP contribution in [0.2, 0.25) is 0 Å². The molecule has 0 saturated heterocycles. The average molecular weight is 394 g/mol. The zero-order valence-electron chi connectivity index (χ0n) is 17.1. The summed E-state index contributed by atoms with van der Waals surface area (Å²) in [4.78, 5) is 15.2. The maximum absolute atomic E-state index is 5.93. The number of nitrogens with one attached hydrogen (secondary N) is 1. The molecule has 1 atom stereocenters. The predicted octanol–water partition coefficient (Wildman–Crippen LogP) is 3.41. The van der Waals surface area contributed by atoms with Gasteiger partial charge in [-0.1, -0.05) is 30.3 Å². The minimum atomic E-state index is -0.104. The van der Waals surface area contributed by atoms with Crippen LogP contribution in [0.1, 0.15) is 24.4 Å². The molecule has 0 aliphatic carbocycles. The monoisotopic (exact) mass is 394 g/mol. The average Bonchev–Trinajstić information content (AvgIpc) is 2.73. The third-order valence-electron chi connectivity index (χ3n) is 4.64. The maximum Gasteiger partial charge on any atom is 0.232 e. The highest BCUT2D eigenvalue weighted by atomic mass is 16.5. The number of hydrogen-bond donors (Lipinski definition) is 2. The second kappa shape index (κ2) is 9.20. The SMILES string of the molecule is COc1cccc(CN(C)[C@@H](C)c2nc(N)nc(Nc3ccccc3)n2)c1OC. The normalized spacial score (nSPS) is 11.9. The van der Waals surface area contributed by atoms with Gasteiger partial charge in [-0.15, -0.1) is 0 Å².